The maximum atomic E-state index is 13.9. The molecule has 13 atom stereocenters. The molecule has 0 aromatic carbocycles. The first-order valence-corrected chi connectivity index (χ1v) is 15.0. The van der Waals surface area contributed by atoms with Crippen LogP contribution in [0.4, 0.5) is 0 Å². The highest BCUT2D eigenvalue weighted by atomic mass is 16.7. The number of methoxy groups -OCH3 is 1. The van der Waals surface area contributed by atoms with Gasteiger partial charge >= 0.3 is 5.97 Å². The summed E-state index contributed by atoms with van der Waals surface area (Å²) in [6, 6.07) is 0.178. The fraction of sp³-hybridized carbons (Fsp3) is 0.903. The summed E-state index contributed by atoms with van der Waals surface area (Å²) in [5.41, 5.74) is -3.06. The first-order chi connectivity index (χ1) is 18.8. The number of cyclic esters (lactones) is 1. The number of carbonyl (C=O) groups is 3. The molecule has 0 unspecified atom stereocenters. The molecule has 0 amide bonds. The standard InChI is InChI=1S/C31H55NO9/c1-13-23-31(9,37)26(35)19(5)24(33)16(2)15-30(8,38-12)27(20(6)25(34)21(7)28(36)40-23)41-29-18(4)22(32(10)11)14-17(3)39-29/h16-23,26-27,29,35,37H,13-15H2,1-12H3/t16-,17-,18-,19+,20+,21-,22+,23-,26-,27-,29+,30+,31-/m1/s1. The summed E-state index contributed by atoms with van der Waals surface area (Å²) in [7, 11) is 5.54. The quantitative estimate of drug-likeness (QED) is 0.367. The molecule has 2 heterocycles. The summed E-state index contributed by atoms with van der Waals surface area (Å²) in [5.74, 6) is -5.13. The van der Waals surface area contributed by atoms with E-state index in [-0.39, 0.29) is 36.7 Å². The average Bonchev–Trinajstić information content (AvgIpc) is 2.92. The van der Waals surface area contributed by atoms with Crippen LogP contribution >= 0.6 is 0 Å². The lowest BCUT2D eigenvalue weighted by molar-refractivity contribution is -0.280. The summed E-state index contributed by atoms with van der Waals surface area (Å²) in [4.78, 5) is 42.8. The van der Waals surface area contributed by atoms with Crippen molar-refractivity contribution < 1.29 is 43.5 Å². The number of ketones is 2. The number of Topliss-reactive ketones (excluding diaryl/α,β-unsaturated/α-hetero) is 2. The van der Waals surface area contributed by atoms with Crippen molar-refractivity contribution in [2.24, 2.45) is 29.6 Å². The molecule has 238 valence electrons. The molecular formula is C31H55NO9. The van der Waals surface area contributed by atoms with Gasteiger partial charge in [-0.3, -0.25) is 14.4 Å². The van der Waals surface area contributed by atoms with Crippen LogP contribution in [0.25, 0.3) is 0 Å². The molecule has 41 heavy (non-hydrogen) atoms. The largest absolute Gasteiger partial charge is 0.459 e. The van der Waals surface area contributed by atoms with Gasteiger partial charge in [-0.15, -0.1) is 0 Å². The smallest absolute Gasteiger partial charge is 0.316 e. The van der Waals surface area contributed by atoms with Crippen molar-refractivity contribution >= 4 is 17.5 Å². The molecule has 10 nitrogen and oxygen atoms in total. The minimum Gasteiger partial charge on any atom is -0.459 e. The average molecular weight is 586 g/mol. The van der Waals surface area contributed by atoms with Gasteiger partial charge in [0.2, 0.25) is 0 Å². The van der Waals surface area contributed by atoms with E-state index < -0.39 is 71.2 Å². The number of rotatable bonds is 5. The molecule has 2 N–H and O–H groups in total. The van der Waals surface area contributed by atoms with Gasteiger partial charge in [0, 0.05) is 36.8 Å². The zero-order chi connectivity index (χ0) is 31.6. The molecular weight excluding hydrogens is 530 g/mol. The SMILES string of the molecule is CC[C@H]1OC(=O)[C@H](C)C(=O)[C@H](C)[C@@H](O[C@@H]2O[C@H](C)C[C@H](N(C)C)[C@H]2C)[C@@](C)(OC)C[C@@H](C)C(=O)[C@H](C)[C@@H](O)[C@]1(C)O. The van der Waals surface area contributed by atoms with Crippen molar-refractivity contribution in [2.75, 3.05) is 21.2 Å². The van der Waals surface area contributed by atoms with Gasteiger partial charge in [0.25, 0.3) is 0 Å². The Hall–Kier alpha value is -1.43. The number of esters is 1. The molecule has 0 spiro atoms. The van der Waals surface area contributed by atoms with Crippen LogP contribution in [0.3, 0.4) is 0 Å². The van der Waals surface area contributed by atoms with E-state index in [9.17, 15) is 24.6 Å². The normalized spacial score (nSPS) is 45.8. The number of hydrogen-bond donors (Lipinski definition) is 2. The van der Waals surface area contributed by atoms with Gasteiger partial charge in [0.1, 0.15) is 23.4 Å². The van der Waals surface area contributed by atoms with E-state index in [2.05, 4.69) is 4.90 Å². The van der Waals surface area contributed by atoms with Gasteiger partial charge in [0.05, 0.1) is 23.9 Å². The van der Waals surface area contributed by atoms with Crippen LogP contribution in [0.5, 0.6) is 0 Å². The lowest BCUT2D eigenvalue weighted by atomic mass is 9.74. The van der Waals surface area contributed by atoms with E-state index in [4.69, 9.17) is 18.9 Å². The summed E-state index contributed by atoms with van der Waals surface area (Å²) in [5, 5.41) is 22.4. The first-order valence-electron chi connectivity index (χ1n) is 15.0. The second-order valence-corrected chi connectivity index (χ2v) is 13.2. The number of nitrogens with zero attached hydrogens (tertiary/aromatic N) is 1. The number of aliphatic hydroxyl groups excluding tert-OH is 1. The van der Waals surface area contributed by atoms with Gasteiger partial charge in [-0.25, -0.2) is 0 Å². The molecule has 2 saturated heterocycles. The van der Waals surface area contributed by atoms with Crippen molar-refractivity contribution in [3.05, 3.63) is 0 Å². The third kappa shape index (κ3) is 7.57. The summed E-state index contributed by atoms with van der Waals surface area (Å²) in [6.07, 6.45) is -3.08. The van der Waals surface area contributed by atoms with Crippen LogP contribution in [-0.2, 0) is 33.3 Å². The van der Waals surface area contributed by atoms with Crippen LogP contribution in [0.15, 0.2) is 0 Å². The predicted molar refractivity (Wildman–Crippen MR) is 154 cm³/mol. The Kier molecular flexibility index (Phi) is 12.1. The number of hydrogen-bond acceptors (Lipinski definition) is 10. The maximum absolute atomic E-state index is 13.9. The van der Waals surface area contributed by atoms with Gasteiger partial charge in [-0.1, -0.05) is 34.6 Å². The molecule has 0 radical (unpaired) electrons. The summed E-state index contributed by atoms with van der Waals surface area (Å²) in [6.45, 7) is 15.4. The Morgan fingerprint density at radius 2 is 1.59 bits per heavy atom. The van der Waals surface area contributed by atoms with Crippen molar-refractivity contribution in [1.29, 1.82) is 0 Å². The lowest BCUT2D eigenvalue weighted by Crippen LogP contribution is -2.58. The van der Waals surface area contributed by atoms with E-state index in [0.717, 1.165) is 6.42 Å². The molecule has 2 rings (SSSR count). The number of carbonyl (C=O) groups excluding carboxylic acids is 3. The Bertz CT molecular complexity index is 923. The molecule has 0 aromatic heterocycles. The van der Waals surface area contributed by atoms with E-state index in [1.54, 1.807) is 34.6 Å². The highest BCUT2D eigenvalue weighted by Gasteiger charge is 2.51. The Morgan fingerprint density at radius 3 is 2.10 bits per heavy atom. The molecule has 0 bridgehead atoms. The van der Waals surface area contributed by atoms with Crippen molar-refractivity contribution in [3.63, 3.8) is 0 Å². The summed E-state index contributed by atoms with van der Waals surface area (Å²) >= 11 is 0. The number of ether oxygens (including phenoxy) is 4. The Morgan fingerprint density at radius 1 is 1.00 bits per heavy atom. The molecule has 0 saturated carbocycles. The zero-order valence-corrected chi connectivity index (χ0v) is 27.2. The molecule has 2 aliphatic heterocycles. The second kappa shape index (κ2) is 13.9. The monoisotopic (exact) mass is 585 g/mol. The van der Waals surface area contributed by atoms with Crippen LogP contribution in [0, 0.1) is 29.6 Å². The van der Waals surface area contributed by atoms with Crippen LogP contribution in [0.2, 0.25) is 0 Å². The predicted octanol–water partition coefficient (Wildman–Crippen LogP) is 3.00. The van der Waals surface area contributed by atoms with Gasteiger partial charge in [0.15, 0.2) is 12.1 Å². The van der Waals surface area contributed by atoms with E-state index in [1.807, 2.05) is 27.9 Å². The third-order valence-electron chi connectivity index (χ3n) is 9.67. The fourth-order valence-corrected chi connectivity index (χ4v) is 6.76. The minimum atomic E-state index is -1.91. The van der Waals surface area contributed by atoms with Gasteiger partial charge < -0.3 is 34.1 Å². The van der Waals surface area contributed by atoms with E-state index >= 15 is 0 Å². The Labute approximate surface area is 246 Å². The van der Waals surface area contributed by atoms with Crippen LogP contribution in [0.1, 0.15) is 81.6 Å². The summed E-state index contributed by atoms with van der Waals surface area (Å²) < 4.78 is 24.6. The topological polar surface area (TPSA) is 132 Å². The third-order valence-corrected chi connectivity index (χ3v) is 9.67. The Balaban J connectivity index is 2.61. The molecule has 0 aliphatic carbocycles. The van der Waals surface area contributed by atoms with E-state index in [0.29, 0.717) is 0 Å². The highest BCUT2D eigenvalue weighted by molar-refractivity contribution is 6.00. The van der Waals surface area contributed by atoms with Crippen LogP contribution in [-0.4, -0.2) is 102 Å². The van der Waals surface area contributed by atoms with Crippen molar-refractivity contribution in [1.82, 2.24) is 4.90 Å². The first kappa shape index (κ1) is 35.8. The lowest BCUT2D eigenvalue weighted by Gasteiger charge is -2.47. The minimum absolute atomic E-state index is 0.0399. The van der Waals surface area contributed by atoms with Gasteiger partial charge in [-0.2, -0.15) is 0 Å². The molecule has 2 fully saturated rings. The highest BCUT2D eigenvalue weighted by Crippen LogP contribution is 2.39. The maximum Gasteiger partial charge on any atom is 0.316 e. The van der Waals surface area contributed by atoms with Crippen LogP contribution < -0.4 is 0 Å². The van der Waals surface area contributed by atoms with Gasteiger partial charge in [-0.05, 0) is 61.1 Å². The molecule has 0 aromatic rings. The fourth-order valence-electron chi connectivity index (χ4n) is 6.76. The molecule has 10 heteroatoms. The second-order valence-electron chi connectivity index (χ2n) is 13.2. The zero-order valence-electron chi connectivity index (χ0n) is 27.2. The van der Waals surface area contributed by atoms with Crippen molar-refractivity contribution in [2.45, 2.75) is 130 Å². The molecule has 2 aliphatic rings. The number of aliphatic hydroxyl groups is 2. The van der Waals surface area contributed by atoms with Crippen molar-refractivity contribution in [3.8, 4) is 0 Å². The van der Waals surface area contributed by atoms with E-state index in [1.165, 1.54) is 21.0 Å².